The van der Waals surface area contributed by atoms with Gasteiger partial charge in [-0.25, -0.2) is 0 Å². The van der Waals surface area contributed by atoms with Gasteiger partial charge in [-0.3, -0.25) is 14.4 Å². The summed E-state index contributed by atoms with van der Waals surface area (Å²) < 4.78 is 16.9. The lowest BCUT2D eigenvalue weighted by molar-refractivity contribution is -0.166. The van der Waals surface area contributed by atoms with Gasteiger partial charge in [0.25, 0.3) is 0 Å². The fourth-order valence-electron chi connectivity index (χ4n) is 10.2. The van der Waals surface area contributed by atoms with Gasteiger partial charge in [-0.1, -0.05) is 323 Å². The molecule has 0 aliphatic rings. The van der Waals surface area contributed by atoms with Crippen molar-refractivity contribution in [3.8, 4) is 0 Å². The molecular weight excluding hydrogens is 1020 g/mol. The van der Waals surface area contributed by atoms with E-state index in [0.29, 0.717) is 19.3 Å². The van der Waals surface area contributed by atoms with Crippen molar-refractivity contribution in [3.05, 3.63) is 97.2 Å². The monoisotopic (exact) mass is 1160 g/mol. The third-order valence-electron chi connectivity index (χ3n) is 15.6. The summed E-state index contributed by atoms with van der Waals surface area (Å²) in [4.78, 5) is 38.4. The molecule has 6 nitrogen and oxygen atoms in total. The van der Waals surface area contributed by atoms with E-state index < -0.39 is 6.10 Å². The largest absolute Gasteiger partial charge is 0.462 e. The summed E-state index contributed by atoms with van der Waals surface area (Å²) in [5.41, 5.74) is 0. The van der Waals surface area contributed by atoms with Gasteiger partial charge in [0.1, 0.15) is 13.2 Å². The molecule has 0 bridgehead atoms. The number of carbonyl (C=O) groups excluding carboxylic acids is 3. The Morgan fingerprint density at radius 3 is 0.807 bits per heavy atom. The van der Waals surface area contributed by atoms with E-state index >= 15 is 0 Å². The second-order valence-electron chi connectivity index (χ2n) is 23.8. The Balaban J connectivity index is 4.26. The number of esters is 3. The summed E-state index contributed by atoms with van der Waals surface area (Å²) in [5.74, 6) is -0.970. The highest BCUT2D eigenvalue weighted by Gasteiger charge is 2.19. The van der Waals surface area contributed by atoms with Crippen LogP contribution in [-0.2, 0) is 28.6 Å². The highest BCUT2D eigenvalue weighted by Crippen LogP contribution is 2.17. The summed E-state index contributed by atoms with van der Waals surface area (Å²) in [6.45, 7) is 6.48. The second-order valence-corrected chi connectivity index (χ2v) is 23.8. The fourth-order valence-corrected chi connectivity index (χ4v) is 10.2. The van der Waals surface area contributed by atoms with Gasteiger partial charge in [0.15, 0.2) is 6.10 Å². The van der Waals surface area contributed by atoms with E-state index in [1.54, 1.807) is 0 Å². The average Bonchev–Trinajstić information content (AvgIpc) is 3.49. The van der Waals surface area contributed by atoms with Crippen LogP contribution in [0.2, 0.25) is 0 Å². The number of hydrogen-bond donors (Lipinski definition) is 0. The minimum absolute atomic E-state index is 0.0979. The lowest BCUT2D eigenvalue weighted by Crippen LogP contribution is -2.30. The van der Waals surface area contributed by atoms with E-state index in [1.165, 1.54) is 231 Å². The Hall–Kier alpha value is -3.67. The predicted molar refractivity (Wildman–Crippen MR) is 362 cm³/mol. The molecule has 0 aliphatic heterocycles. The van der Waals surface area contributed by atoms with Gasteiger partial charge in [-0.15, -0.1) is 0 Å². The zero-order valence-electron chi connectivity index (χ0n) is 54.9. The Kier molecular flexibility index (Phi) is 67.7. The van der Waals surface area contributed by atoms with Crippen LogP contribution in [0.4, 0.5) is 0 Å². The Bertz CT molecular complexity index is 1610. The molecule has 83 heavy (non-hydrogen) atoms. The summed E-state index contributed by atoms with van der Waals surface area (Å²) in [6, 6.07) is 0. The van der Waals surface area contributed by atoms with Gasteiger partial charge in [0, 0.05) is 19.3 Å². The summed E-state index contributed by atoms with van der Waals surface area (Å²) in [5, 5.41) is 0. The lowest BCUT2D eigenvalue weighted by atomic mass is 10.0. The molecular formula is C77H134O6. The van der Waals surface area contributed by atoms with Gasteiger partial charge in [-0.05, 0) is 109 Å². The molecule has 0 heterocycles. The van der Waals surface area contributed by atoms with Gasteiger partial charge >= 0.3 is 17.9 Å². The molecule has 0 saturated heterocycles. The number of rotatable bonds is 65. The second kappa shape index (κ2) is 70.8. The molecule has 0 spiro atoms. The van der Waals surface area contributed by atoms with Crippen molar-refractivity contribution in [2.75, 3.05) is 13.2 Å². The minimum Gasteiger partial charge on any atom is -0.462 e. The molecule has 0 N–H and O–H groups in total. The first-order chi connectivity index (χ1) is 41.0. The maximum atomic E-state index is 12.9. The standard InChI is InChI=1S/C77H134O6/c1-4-7-10-13-16-19-22-25-27-29-31-33-35-36-37-38-39-40-42-43-45-47-49-52-55-58-61-64-67-70-76(79)82-73-74(72-81-75(78)69-66-63-60-57-54-51-24-21-18-15-12-9-6-3)83-77(80)71-68-65-62-59-56-53-50-48-46-44-41-34-32-30-28-26-23-20-17-14-11-8-5-2/h9,12,18,21-23,25-26,29-32,51,54,60,63,74H,4-8,10-11,13-17,19-20,24,27-28,33-50,52-53,55-59,61-62,64-73H2,1-3H3/b12-9-,21-18-,25-22-,26-23-,31-29-,32-30-,54-51-,63-60-. The number of carbonyl (C=O) groups is 3. The molecule has 0 aliphatic carbocycles. The molecule has 0 radical (unpaired) electrons. The van der Waals surface area contributed by atoms with Crippen LogP contribution in [0.15, 0.2) is 97.2 Å². The van der Waals surface area contributed by atoms with Crippen LogP contribution in [0.25, 0.3) is 0 Å². The van der Waals surface area contributed by atoms with Crippen molar-refractivity contribution < 1.29 is 28.6 Å². The molecule has 0 aromatic carbocycles. The third kappa shape index (κ3) is 69.0. The van der Waals surface area contributed by atoms with E-state index in [1.807, 2.05) is 6.08 Å². The number of unbranched alkanes of at least 4 members (excludes halogenated alkanes) is 38. The van der Waals surface area contributed by atoms with Crippen molar-refractivity contribution in [2.24, 2.45) is 0 Å². The first-order valence-electron chi connectivity index (χ1n) is 35.7. The summed E-state index contributed by atoms with van der Waals surface area (Å²) in [7, 11) is 0. The van der Waals surface area contributed by atoms with Gasteiger partial charge in [0.2, 0.25) is 0 Å². The Labute approximate surface area is 515 Å². The predicted octanol–water partition coefficient (Wildman–Crippen LogP) is 24.8. The van der Waals surface area contributed by atoms with Gasteiger partial charge in [-0.2, -0.15) is 0 Å². The van der Waals surface area contributed by atoms with E-state index in [2.05, 4.69) is 112 Å². The first-order valence-corrected chi connectivity index (χ1v) is 35.7. The average molecular weight is 1160 g/mol. The first kappa shape index (κ1) is 79.3. The maximum absolute atomic E-state index is 12.9. The molecule has 0 aromatic rings. The van der Waals surface area contributed by atoms with E-state index in [-0.39, 0.29) is 37.5 Å². The molecule has 6 heteroatoms. The molecule has 1 atom stereocenters. The van der Waals surface area contributed by atoms with Gasteiger partial charge < -0.3 is 14.2 Å². The van der Waals surface area contributed by atoms with Gasteiger partial charge in [0.05, 0.1) is 0 Å². The molecule has 0 rings (SSSR count). The van der Waals surface area contributed by atoms with Crippen molar-refractivity contribution in [1.29, 1.82) is 0 Å². The van der Waals surface area contributed by atoms with E-state index in [9.17, 15) is 14.4 Å². The van der Waals surface area contributed by atoms with Crippen molar-refractivity contribution in [1.82, 2.24) is 0 Å². The number of hydrogen-bond acceptors (Lipinski definition) is 6. The highest BCUT2D eigenvalue weighted by atomic mass is 16.6. The van der Waals surface area contributed by atoms with Crippen LogP contribution in [0.3, 0.4) is 0 Å². The zero-order chi connectivity index (χ0) is 59.9. The van der Waals surface area contributed by atoms with Crippen LogP contribution < -0.4 is 0 Å². The van der Waals surface area contributed by atoms with E-state index in [4.69, 9.17) is 14.2 Å². The summed E-state index contributed by atoms with van der Waals surface area (Å²) in [6.07, 6.45) is 96.0. The van der Waals surface area contributed by atoms with Crippen molar-refractivity contribution >= 4 is 17.9 Å². The van der Waals surface area contributed by atoms with Crippen molar-refractivity contribution in [2.45, 2.75) is 361 Å². The molecule has 1 unspecified atom stereocenters. The SMILES string of the molecule is CC/C=C\C/C=C\C/C=C\C/C=C\CCC(=O)OCC(COC(=O)CCCCCCCCCCCCCCCCCCC/C=C\C/C=C\CCCCCCC)OC(=O)CCCCCCCCCCCCC/C=C\C/C=C\CCCCCCC. The molecule has 0 saturated carbocycles. The quantitative estimate of drug-likeness (QED) is 0.0261. The minimum atomic E-state index is -0.809. The number of allylic oxidation sites excluding steroid dienone is 16. The highest BCUT2D eigenvalue weighted by molar-refractivity contribution is 5.71. The molecule has 0 amide bonds. The van der Waals surface area contributed by atoms with Crippen molar-refractivity contribution in [3.63, 3.8) is 0 Å². The van der Waals surface area contributed by atoms with Crippen LogP contribution >= 0.6 is 0 Å². The van der Waals surface area contributed by atoms with Crippen LogP contribution in [0, 0.1) is 0 Å². The smallest absolute Gasteiger partial charge is 0.306 e. The molecule has 0 aromatic heterocycles. The molecule has 0 fully saturated rings. The van der Waals surface area contributed by atoms with E-state index in [0.717, 1.165) is 77.0 Å². The summed E-state index contributed by atoms with van der Waals surface area (Å²) >= 11 is 0. The topological polar surface area (TPSA) is 78.9 Å². The zero-order valence-corrected chi connectivity index (χ0v) is 54.9. The lowest BCUT2D eigenvalue weighted by Gasteiger charge is -2.18. The fraction of sp³-hybridized carbons (Fsp3) is 0.753. The normalized spacial score (nSPS) is 12.7. The van der Waals surface area contributed by atoms with Crippen LogP contribution in [0.5, 0.6) is 0 Å². The van der Waals surface area contributed by atoms with Crippen LogP contribution in [0.1, 0.15) is 355 Å². The third-order valence-corrected chi connectivity index (χ3v) is 15.6. The Morgan fingerprint density at radius 2 is 0.494 bits per heavy atom. The number of ether oxygens (including phenoxy) is 3. The molecule has 478 valence electrons. The maximum Gasteiger partial charge on any atom is 0.306 e. The van der Waals surface area contributed by atoms with Crippen LogP contribution in [-0.4, -0.2) is 37.2 Å². The Morgan fingerprint density at radius 1 is 0.253 bits per heavy atom.